The third-order valence-electron chi connectivity index (χ3n) is 1.14. The second-order valence-electron chi connectivity index (χ2n) is 3.08. The Labute approximate surface area is 88.1 Å². The highest BCUT2D eigenvalue weighted by atomic mass is 79.9. The summed E-state index contributed by atoms with van der Waals surface area (Å²) in [6.07, 6.45) is 0. The first kappa shape index (κ1) is 13.1. The average molecular weight is 271 g/mol. The van der Waals surface area contributed by atoms with Crippen molar-refractivity contribution < 1.29 is 8.42 Å². The molecule has 0 aliphatic rings. The second-order valence-corrected chi connectivity index (χ2v) is 5.79. The van der Waals surface area contributed by atoms with Gasteiger partial charge in [-0.3, -0.25) is 0 Å². The van der Waals surface area contributed by atoms with E-state index in [1.165, 1.54) is 0 Å². The van der Waals surface area contributed by atoms with Gasteiger partial charge in [-0.25, -0.2) is 4.72 Å². The fraction of sp³-hybridized carbons (Fsp3) is 0.714. The van der Waals surface area contributed by atoms with Gasteiger partial charge in [0.2, 0.25) is 0 Å². The monoisotopic (exact) mass is 270 g/mol. The molecule has 13 heavy (non-hydrogen) atoms. The Balaban J connectivity index is 3.88. The third kappa shape index (κ3) is 8.42. The van der Waals surface area contributed by atoms with Gasteiger partial charge in [-0.2, -0.15) is 13.1 Å². The van der Waals surface area contributed by atoms with E-state index < -0.39 is 10.2 Å². The zero-order valence-electron chi connectivity index (χ0n) is 7.80. The van der Waals surface area contributed by atoms with Gasteiger partial charge < -0.3 is 0 Å². The lowest BCUT2D eigenvalue weighted by Gasteiger charge is -2.09. The van der Waals surface area contributed by atoms with E-state index in [0.29, 0.717) is 16.9 Å². The molecular formula is C7H15BrN2O2S. The van der Waals surface area contributed by atoms with E-state index in [-0.39, 0.29) is 6.54 Å². The van der Waals surface area contributed by atoms with Gasteiger partial charge in [-0.05, 0) is 5.92 Å². The molecule has 0 fully saturated rings. The zero-order valence-corrected chi connectivity index (χ0v) is 10.2. The van der Waals surface area contributed by atoms with Crippen molar-refractivity contribution in [1.29, 1.82) is 0 Å². The smallest absolute Gasteiger partial charge is 0.202 e. The van der Waals surface area contributed by atoms with Crippen LogP contribution in [0.4, 0.5) is 0 Å². The fourth-order valence-corrected chi connectivity index (χ4v) is 1.85. The molecule has 2 N–H and O–H groups in total. The van der Waals surface area contributed by atoms with Gasteiger partial charge in [-0.1, -0.05) is 36.4 Å². The molecule has 6 heteroatoms. The predicted octanol–water partition coefficient (Wildman–Crippen LogP) is 0.975. The van der Waals surface area contributed by atoms with Gasteiger partial charge in [0.15, 0.2) is 0 Å². The summed E-state index contributed by atoms with van der Waals surface area (Å²) in [6, 6.07) is 0. The van der Waals surface area contributed by atoms with Crippen LogP contribution in [0, 0.1) is 5.92 Å². The first-order valence-electron chi connectivity index (χ1n) is 3.91. The van der Waals surface area contributed by atoms with E-state index >= 15 is 0 Å². The molecule has 0 bridgehead atoms. The summed E-state index contributed by atoms with van der Waals surface area (Å²) in [5, 5.41) is 0. The molecule has 0 aliphatic carbocycles. The van der Waals surface area contributed by atoms with Crippen LogP contribution >= 0.6 is 15.9 Å². The maximum atomic E-state index is 11.2. The van der Waals surface area contributed by atoms with Crippen LogP contribution < -0.4 is 9.44 Å². The molecule has 0 saturated heterocycles. The van der Waals surface area contributed by atoms with E-state index in [2.05, 4.69) is 32.0 Å². The number of hydrogen-bond acceptors (Lipinski definition) is 2. The average Bonchev–Trinajstić information content (AvgIpc) is 1.98. The van der Waals surface area contributed by atoms with Gasteiger partial charge in [0.05, 0.1) is 0 Å². The molecule has 0 saturated carbocycles. The summed E-state index contributed by atoms with van der Waals surface area (Å²) in [4.78, 5) is 0. The number of hydrogen-bond donors (Lipinski definition) is 2. The first-order valence-corrected chi connectivity index (χ1v) is 6.18. The van der Waals surface area contributed by atoms with E-state index in [4.69, 9.17) is 0 Å². The van der Waals surface area contributed by atoms with Crippen LogP contribution in [0.15, 0.2) is 11.1 Å². The van der Waals surface area contributed by atoms with Crippen LogP contribution in [0.5, 0.6) is 0 Å². The maximum Gasteiger partial charge on any atom is 0.277 e. The molecule has 0 unspecified atom stereocenters. The summed E-state index contributed by atoms with van der Waals surface area (Å²) < 4.78 is 27.7. The minimum absolute atomic E-state index is 0.202. The topological polar surface area (TPSA) is 58.2 Å². The Hall–Kier alpha value is 0.0900. The molecule has 0 amide bonds. The first-order chi connectivity index (χ1) is 5.83. The van der Waals surface area contributed by atoms with Gasteiger partial charge in [0.1, 0.15) is 0 Å². The molecular weight excluding hydrogens is 256 g/mol. The van der Waals surface area contributed by atoms with E-state index in [9.17, 15) is 8.42 Å². The van der Waals surface area contributed by atoms with Crippen molar-refractivity contribution in [1.82, 2.24) is 9.44 Å². The highest BCUT2D eigenvalue weighted by Gasteiger charge is 2.08. The van der Waals surface area contributed by atoms with Crippen molar-refractivity contribution in [3.63, 3.8) is 0 Å². The quantitative estimate of drug-likeness (QED) is 0.756. The maximum absolute atomic E-state index is 11.2. The van der Waals surface area contributed by atoms with Crippen molar-refractivity contribution in [2.24, 2.45) is 5.92 Å². The van der Waals surface area contributed by atoms with Crippen molar-refractivity contribution in [3.05, 3.63) is 11.1 Å². The molecule has 0 aliphatic heterocycles. The molecule has 0 rings (SSSR count). The molecule has 0 aromatic rings. The highest BCUT2D eigenvalue weighted by Crippen LogP contribution is 1.97. The number of nitrogens with one attached hydrogen (secondary N) is 2. The van der Waals surface area contributed by atoms with Crippen LogP contribution in [0.1, 0.15) is 13.8 Å². The Kier molecular flexibility index (Phi) is 5.78. The molecule has 0 aromatic carbocycles. The second kappa shape index (κ2) is 5.74. The Bertz CT molecular complexity index is 262. The molecule has 0 aromatic heterocycles. The molecule has 4 nitrogen and oxygen atoms in total. The lowest BCUT2D eigenvalue weighted by molar-refractivity contribution is 0.550. The molecule has 78 valence electrons. The predicted molar refractivity (Wildman–Crippen MR) is 57.8 cm³/mol. The van der Waals surface area contributed by atoms with Gasteiger partial charge in [-0.15, -0.1) is 0 Å². The van der Waals surface area contributed by atoms with Crippen molar-refractivity contribution in [3.8, 4) is 0 Å². The van der Waals surface area contributed by atoms with Crippen molar-refractivity contribution >= 4 is 26.1 Å². The zero-order chi connectivity index (χ0) is 10.5. The lowest BCUT2D eigenvalue weighted by Crippen LogP contribution is -2.38. The van der Waals surface area contributed by atoms with Crippen LogP contribution in [0.2, 0.25) is 0 Å². The van der Waals surface area contributed by atoms with Crippen molar-refractivity contribution in [2.75, 3.05) is 13.1 Å². The van der Waals surface area contributed by atoms with Crippen LogP contribution in [0.25, 0.3) is 0 Å². The number of halogens is 1. The highest BCUT2D eigenvalue weighted by molar-refractivity contribution is 9.11. The lowest BCUT2D eigenvalue weighted by atomic mass is 10.2. The molecule has 0 atom stereocenters. The summed E-state index contributed by atoms with van der Waals surface area (Å²) in [5.41, 5.74) is 0. The standard InChI is InChI=1S/C7H15BrN2O2S/c1-6(2)4-9-13(11,12)10-5-7(3)8/h6,9-10H,3-5H2,1-2H3. The van der Waals surface area contributed by atoms with Gasteiger partial charge in [0.25, 0.3) is 10.2 Å². The van der Waals surface area contributed by atoms with Gasteiger partial charge >= 0.3 is 0 Å². The molecule has 0 radical (unpaired) electrons. The Morgan fingerprint density at radius 1 is 1.46 bits per heavy atom. The van der Waals surface area contributed by atoms with E-state index in [1.807, 2.05) is 13.8 Å². The SMILES string of the molecule is C=C(Br)CNS(=O)(=O)NCC(C)C. The Morgan fingerprint density at radius 3 is 2.38 bits per heavy atom. The Morgan fingerprint density at radius 2 is 2.00 bits per heavy atom. The van der Waals surface area contributed by atoms with Gasteiger partial charge in [0, 0.05) is 17.6 Å². The number of rotatable bonds is 6. The molecule has 0 spiro atoms. The summed E-state index contributed by atoms with van der Waals surface area (Å²) >= 11 is 3.06. The summed E-state index contributed by atoms with van der Waals surface area (Å²) in [5.74, 6) is 0.295. The van der Waals surface area contributed by atoms with Crippen LogP contribution in [-0.4, -0.2) is 21.5 Å². The van der Waals surface area contributed by atoms with E-state index in [0.717, 1.165) is 0 Å². The minimum atomic E-state index is -3.36. The third-order valence-corrected chi connectivity index (χ3v) is 2.49. The summed E-state index contributed by atoms with van der Waals surface area (Å²) in [6.45, 7) is 8.02. The van der Waals surface area contributed by atoms with E-state index in [1.54, 1.807) is 0 Å². The largest absolute Gasteiger partial charge is 0.277 e. The normalized spacial score (nSPS) is 12.0. The van der Waals surface area contributed by atoms with Crippen LogP contribution in [0.3, 0.4) is 0 Å². The minimum Gasteiger partial charge on any atom is -0.202 e. The fourth-order valence-electron chi connectivity index (χ4n) is 0.501. The van der Waals surface area contributed by atoms with Crippen molar-refractivity contribution in [2.45, 2.75) is 13.8 Å². The van der Waals surface area contributed by atoms with Crippen LogP contribution in [-0.2, 0) is 10.2 Å². The molecule has 0 heterocycles. The summed E-state index contributed by atoms with van der Waals surface area (Å²) in [7, 11) is -3.36.